The first-order valence-electron chi connectivity index (χ1n) is 4.66. The Morgan fingerprint density at radius 1 is 1.31 bits per heavy atom. The van der Waals surface area contributed by atoms with Gasteiger partial charge in [-0.25, -0.2) is 8.42 Å². The monoisotopic (exact) mass is 264 g/mol. The molecule has 1 aromatic carbocycles. The minimum atomic E-state index is -3.84. The fourth-order valence-corrected chi connectivity index (χ4v) is 2.30. The Kier molecular flexibility index (Phi) is 4.04. The van der Waals surface area contributed by atoms with Gasteiger partial charge in [0.1, 0.15) is 16.4 Å². The Hall–Kier alpha value is -0.940. The van der Waals surface area contributed by atoms with Crippen molar-refractivity contribution in [3.05, 3.63) is 17.7 Å². The van der Waals surface area contributed by atoms with Gasteiger partial charge in [0, 0.05) is 16.7 Å². The number of hydrogen-bond acceptors (Lipinski definition) is 4. The molecule has 0 N–H and O–H groups in total. The maximum Gasteiger partial charge on any atom is 0.265 e. The number of methoxy groups -OCH3 is 1. The molecule has 0 saturated carbocycles. The van der Waals surface area contributed by atoms with E-state index < -0.39 is 9.05 Å². The third-order valence-electron chi connectivity index (χ3n) is 2.02. The molecular weight excluding hydrogens is 252 g/mol. The van der Waals surface area contributed by atoms with Gasteiger partial charge in [0.25, 0.3) is 9.05 Å². The van der Waals surface area contributed by atoms with E-state index in [1.54, 1.807) is 13.0 Å². The van der Waals surface area contributed by atoms with Crippen LogP contribution in [0.25, 0.3) is 0 Å². The molecule has 6 heteroatoms. The van der Waals surface area contributed by atoms with Gasteiger partial charge >= 0.3 is 0 Å². The number of ether oxygens (including phenoxy) is 2. The molecule has 0 saturated heterocycles. The van der Waals surface area contributed by atoms with Crippen molar-refractivity contribution in [3.63, 3.8) is 0 Å². The second-order valence-electron chi connectivity index (χ2n) is 3.14. The van der Waals surface area contributed by atoms with Crippen LogP contribution < -0.4 is 9.47 Å². The summed E-state index contributed by atoms with van der Waals surface area (Å²) >= 11 is 0. The predicted molar refractivity (Wildman–Crippen MR) is 61.9 cm³/mol. The topological polar surface area (TPSA) is 52.6 Å². The molecule has 0 amide bonds. The minimum absolute atomic E-state index is 0.0780. The molecule has 0 aliphatic rings. The first-order valence-corrected chi connectivity index (χ1v) is 6.97. The maximum absolute atomic E-state index is 11.3. The number of aryl methyl sites for hydroxylation is 1. The van der Waals surface area contributed by atoms with Crippen LogP contribution in [0.4, 0.5) is 0 Å². The smallest absolute Gasteiger partial charge is 0.265 e. The van der Waals surface area contributed by atoms with Crippen LogP contribution in [-0.2, 0) is 9.05 Å². The molecule has 0 spiro atoms. The zero-order valence-corrected chi connectivity index (χ0v) is 10.9. The molecule has 0 aliphatic heterocycles. The fraction of sp³-hybridized carbons (Fsp3) is 0.400. The minimum Gasteiger partial charge on any atom is -0.495 e. The van der Waals surface area contributed by atoms with E-state index in [-0.39, 0.29) is 10.6 Å². The number of hydrogen-bond donors (Lipinski definition) is 0. The fourth-order valence-electron chi connectivity index (χ4n) is 1.30. The van der Waals surface area contributed by atoms with Crippen molar-refractivity contribution < 1.29 is 17.9 Å². The van der Waals surface area contributed by atoms with Gasteiger partial charge in [-0.3, -0.25) is 0 Å². The van der Waals surface area contributed by atoms with E-state index in [1.165, 1.54) is 13.2 Å². The predicted octanol–water partition coefficient (Wildman–Crippen LogP) is 2.33. The Bertz CT molecular complexity index is 482. The standard InChI is InChI=1S/C10H13ClO4S/c1-4-15-8-6-10(16(11,12)13)9(14-3)5-7(8)2/h5-6H,4H2,1-3H3. The van der Waals surface area contributed by atoms with Crippen LogP contribution in [-0.4, -0.2) is 22.1 Å². The largest absolute Gasteiger partial charge is 0.495 e. The van der Waals surface area contributed by atoms with E-state index >= 15 is 0 Å². The van der Waals surface area contributed by atoms with Crippen molar-refractivity contribution in [2.75, 3.05) is 13.7 Å². The van der Waals surface area contributed by atoms with E-state index in [9.17, 15) is 8.42 Å². The van der Waals surface area contributed by atoms with Crippen molar-refractivity contribution in [1.29, 1.82) is 0 Å². The van der Waals surface area contributed by atoms with Gasteiger partial charge in [-0.1, -0.05) is 0 Å². The molecule has 0 heterocycles. The molecule has 0 unspecified atom stereocenters. The van der Waals surface area contributed by atoms with E-state index in [4.69, 9.17) is 20.2 Å². The normalized spacial score (nSPS) is 11.2. The second kappa shape index (κ2) is 4.93. The highest BCUT2D eigenvalue weighted by Crippen LogP contribution is 2.33. The Labute approximate surface area is 99.6 Å². The van der Waals surface area contributed by atoms with Gasteiger partial charge in [-0.2, -0.15) is 0 Å². The summed E-state index contributed by atoms with van der Waals surface area (Å²) in [6.07, 6.45) is 0. The molecular formula is C10H13ClO4S. The van der Waals surface area contributed by atoms with E-state index in [1.807, 2.05) is 6.92 Å². The molecule has 4 nitrogen and oxygen atoms in total. The van der Waals surface area contributed by atoms with Gasteiger partial charge < -0.3 is 9.47 Å². The summed E-state index contributed by atoms with van der Waals surface area (Å²) in [7, 11) is 2.86. The van der Waals surface area contributed by atoms with Crippen LogP contribution in [0.1, 0.15) is 12.5 Å². The molecule has 0 aromatic heterocycles. The zero-order chi connectivity index (χ0) is 12.3. The van der Waals surface area contributed by atoms with Crippen molar-refractivity contribution >= 4 is 19.7 Å². The van der Waals surface area contributed by atoms with Gasteiger partial charge in [-0.05, 0) is 25.5 Å². The van der Waals surface area contributed by atoms with Gasteiger partial charge in [0.05, 0.1) is 13.7 Å². The van der Waals surface area contributed by atoms with E-state index in [0.29, 0.717) is 12.4 Å². The van der Waals surface area contributed by atoms with Gasteiger partial charge in [-0.15, -0.1) is 0 Å². The molecule has 1 rings (SSSR count). The van der Waals surface area contributed by atoms with Crippen molar-refractivity contribution in [2.45, 2.75) is 18.7 Å². The van der Waals surface area contributed by atoms with Crippen molar-refractivity contribution in [3.8, 4) is 11.5 Å². The Morgan fingerprint density at radius 2 is 1.94 bits per heavy atom. The van der Waals surface area contributed by atoms with Crippen LogP contribution in [0.3, 0.4) is 0 Å². The molecule has 90 valence electrons. The van der Waals surface area contributed by atoms with Crippen LogP contribution in [0.15, 0.2) is 17.0 Å². The molecule has 16 heavy (non-hydrogen) atoms. The van der Waals surface area contributed by atoms with Gasteiger partial charge in [0.15, 0.2) is 0 Å². The highest BCUT2D eigenvalue weighted by molar-refractivity contribution is 8.13. The van der Waals surface area contributed by atoms with Crippen LogP contribution in [0, 0.1) is 6.92 Å². The van der Waals surface area contributed by atoms with Crippen LogP contribution in [0.5, 0.6) is 11.5 Å². The molecule has 1 aromatic rings. The summed E-state index contributed by atoms with van der Waals surface area (Å²) in [5.41, 5.74) is 0.794. The summed E-state index contributed by atoms with van der Waals surface area (Å²) in [5, 5.41) is 0. The van der Waals surface area contributed by atoms with Gasteiger partial charge in [0.2, 0.25) is 0 Å². The summed E-state index contributed by atoms with van der Waals surface area (Å²) < 4.78 is 32.9. The quantitative estimate of drug-likeness (QED) is 0.784. The summed E-state index contributed by atoms with van der Waals surface area (Å²) in [4.78, 5) is -0.0780. The average Bonchev–Trinajstić information content (AvgIpc) is 2.19. The van der Waals surface area contributed by atoms with Crippen LogP contribution in [0.2, 0.25) is 0 Å². The second-order valence-corrected chi connectivity index (χ2v) is 5.67. The lowest BCUT2D eigenvalue weighted by Gasteiger charge is -2.11. The third kappa shape index (κ3) is 2.80. The highest BCUT2D eigenvalue weighted by atomic mass is 35.7. The lowest BCUT2D eigenvalue weighted by molar-refractivity contribution is 0.334. The van der Waals surface area contributed by atoms with E-state index in [0.717, 1.165) is 5.56 Å². The summed E-state index contributed by atoms with van der Waals surface area (Å²) in [5.74, 6) is 0.707. The lowest BCUT2D eigenvalue weighted by Crippen LogP contribution is -2.00. The Balaban J connectivity index is 3.41. The van der Waals surface area contributed by atoms with Crippen molar-refractivity contribution in [1.82, 2.24) is 0 Å². The van der Waals surface area contributed by atoms with Crippen LogP contribution >= 0.6 is 10.7 Å². The Morgan fingerprint density at radius 3 is 2.38 bits per heavy atom. The molecule has 0 atom stereocenters. The molecule has 0 radical (unpaired) electrons. The number of rotatable bonds is 4. The average molecular weight is 265 g/mol. The highest BCUT2D eigenvalue weighted by Gasteiger charge is 2.19. The zero-order valence-electron chi connectivity index (χ0n) is 9.28. The SMILES string of the molecule is CCOc1cc(S(=O)(=O)Cl)c(OC)cc1C. The number of halogens is 1. The first-order chi connectivity index (χ1) is 7.40. The number of benzene rings is 1. The third-order valence-corrected chi connectivity index (χ3v) is 3.37. The summed E-state index contributed by atoms with van der Waals surface area (Å²) in [6, 6.07) is 2.96. The molecule has 0 bridgehead atoms. The first kappa shape index (κ1) is 13.1. The summed E-state index contributed by atoms with van der Waals surface area (Å²) in [6.45, 7) is 4.08. The lowest BCUT2D eigenvalue weighted by atomic mass is 10.2. The molecule has 0 aliphatic carbocycles. The van der Waals surface area contributed by atoms with Crippen molar-refractivity contribution in [2.24, 2.45) is 0 Å². The molecule has 0 fully saturated rings. The van der Waals surface area contributed by atoms with E-state index in [2.05, 4.69) is 0 Å². The maximum atomic E-state index is 11.3.